The van der Waals surface area contributed by atoms with Gasteiger partial charge >= 0.3 is 0 Å². The molecule has 2 rings (SSSR count). The Morgan fingerprint density at radius 3 is 2.31 bits per heavy atom. The van der Waals surface area contributed by atoms with Gasteiger partial charge in [0, 0.05) is 11.6 Å². The van der Waals surface area contributed by atoms with Crippen molar-refractivity contribution in [2.24, 2.45) is 5.84 Å². The van der Waals surface area contributed by atoms with Crippen LogP contribution in [0.1, 0.15) is 58.3 Å². The zero-order valence-corrected chi connectivity index (χ0v) is 10.7. The zero-order valence-electron chi connectivity index (χ0n) is 10.7. The van der Waals surface area contributed by atoms with E-state index in [4.69, 9.17) is 5.84 Å². The molecule has 0 amide bonds. The first-order valence-corrected chi connectivity index (χ1v) is 7.04. The third-order valence-corrected chi connectivity index (χ3v) is 4.63. The van der Waals surface area contributed by atoms with Crippen molar-refractivity contribution in [1.29, 1.82) is 0 Å². The van der Waals surface area contributed by atoms with Crippen LogP contribution in [0.25, 0.3) is 0 Å². The fourth-order valence-corrected chi connectivity index (χ4v) is 3.83. The molecule has 0 bridgehead atoms. The molecule has 94 valence electrons. The van der Waals surface area contributed by atoms with Gasteiger partial charge in [0.2, 0.25) is 0 Å². The first-order valence-electron chi connectivity index (χ1n) is 7.04. The topological polar surface area (TPSA) is 41.3 Å². The summed E-state index contributed by atoms with van der Waals surface area (Å²) in [4.78, 5) is 2.74. The van der Waals surface area contributed by atoms with E-state index in [2.05, 4.69) is 17.2 Å². The molecule has 1 unspecified atom stereocenters. The van der Waals surface area contributed by atoms with Crippen molar-refractivity contribution in [3.05, 3.63) is 0 Å². The van der Waals surface area contributed by atoms with Gasteiger partial charge in [-0.15, -0.1) is 0 Å². The van der Waals surface area contributed by atoms with Crippen LogP contribution in [0, 0.1) is 0 Å². The molecule has 1 heterocycles. The number of hydrazine groups is 1. The van der Waals surface area contributed by atoms with Gasteiger partial charge in [-0.05, 0) is 45.2 Å². The highest BCUT2D eigenvalue weighted by Gasteiger charge is 2.45. The summed E-state index contributed by atoms with van der Waals surface area (Å²) in [6.45, 7) is 4.85. The van der Waals surface area contributed by atoms with Crippen molar-refractivity contribution < 1.29 is 0 Å². The molecule has 16 heavy (non-hydrogen) atoms. The number of likely N-dealkylation sites (tertiary alicyclic amines) is 1. The minimum Gasteiger partial charge on any atom is -0.296 e. The number of nitrogens with two attached hydrogens (primary N) is 1. The molecule has 1 saturated carbocycles. The van der Waals surface area contributed by atoms with E-state index in [9.17, 15) is 0 Å². The molecule has 1 atom stereocenters. The molecule has 0 spiro atoms. The highest BCUT2D eigenvalue weighted by Crippen LogP contribution is 2.41. The lowest BCUT2D eigenvalue weighted by atomic mass is 9.84. The van der Waals surface area contributed by atoms with E-state index in [1.54, 1.807) is 0 Å². The van der Waals surface area contributed by atoms with Gasteiger partial charge in [0.25, 0.3) is 0 Å². The van der Waals surface area contributed by atoms with Crippen LogP contribution in [-0.4, -0.2) is 29.6 Å². The van der Waals surface area contributed by atoms with Crippen LogP contribution in [0.15, 0.2) is 0 Å². The smallest absolute Gasteiger partial charge is 0.0394 e. The number of hydrogen-bond acceptors (Lipinski definition) is 3. The van der Waals surface area contributed by atoms with Gasteiger partial charge < -0.3 is 0 Å². The summed E-state index contributed by atoms with van der Waals surface area (Å²) in [5.74, 6) is 5.81. The van der Waals surface area contributed by atoms with Crippen LogP contribution in [0.3, 0.4) is 0 Å². The lowest BCUT2D eigenvalue weighted by Gasteiger charge is -2.45. The van der Waals surface area contributed by atoms with Crippen molar-refractivity contribution in [2.75, 3.05) is 13.1 Å². The predicted molar refractivity (Wildman–Crippen MR) is 68.0 cm³/mol. The standard InChI is InChI=1S/C13H27N3/c1-2-7-12(15-14)13(8-3-4-9-13)16-10-5-6-11-16/h12,15H,2-11,14H2,1H3. The van der Waals surface area contributed by atoms with Gasteiger partial charge in [-0.1, -0.05) is 26.2 Å². The Labute approximate surface area is 99.7 Å². The Balaban J connectivity index is 2.12. The summed E-state index contributed by atoms with van der Waals surface area (Å²) in [5.41, 5.74) is 3.51. The average molecular weight is 225 g/mol. The summed E-state index contributed by atoms with van der Waals surface area (Å²) in [7, 11) is 0. The van der Waals surface area contributed by atoms with E-state index in [0.29, 0.717) is 11.6 Å². The molecule has 2 fully saturated rings. The number of nitrogens with one attached hydrogen (secondary N) is 1. The van der Waals surface area contributed by atoms with Crippen molar-refractivity contribution in [3.8, 4) is 0 Å². The minimum absolute atomic E-state index is 0.390. The quantitative estimate of drug-likeness (QED) is 0.555. The Bertz CT molecular complexity index is 205. The monoisotopic (exact) mass is 225 g/mol. The molecule has 3 heteroatoms. The normalized spacial score (nSPS) is 27.4. The third-order valence-electron chi connectivity index (χ3n) is 4.63. The van der Waals surface area contributed by atoms with E-state index < -0.39 is 0 Å². The maximum Gasteiger partial charge on any atom is 0.0394 e. The highest BCUT2D eigenvalue weighted by atomic mass is 15.3. The SMILES string of the molecule is CCCC(NN)C1(N2CCCC2)CCCC1. The van der Waals surface area contributed by atoms with Crippen LogP contribution in [0.5, 0.6) is 0 Å². The lowest BCUT2D eigenvalue weighted by molar-refractivity contribution is 0.0726. The molecule has 1 aliphatic carbocycles. The van der Waals surface area contributed by atoms with E-state index >= 15 is 0 Å². The Morgan fingerprint density at radius 1 is 1.19 bits per heavy atom. The molecule has 1 aliphatic heterocycles. The molecule has 3 N–H and O–H groups in total. The second kappa shape index (κ2) is 5.48. The molecule has 0 aromatic carbocycles. The summed E-state index contributed by atoms with van der Waals surface area (Å²) < 4.78 is 0. The number of rotatable bonds is 5. The molecule has 0 radical (unpaired) electrons. The maximum absolute atomic E-state index is 5.81. The molecule has 1 saturated heterocycles. The van der Waals surface area contributed by atoms with Crippen molar-refractivity contribution in [3.63, 3.8) is 0 Å². The fourth-order valence-electron chi connectivity index (χ4n) is 3.83. The van der Waals surface area contributed by atoms with Crippen molar-refractivity contribution in [1.82, 2.24) is 10.3 Å². The second-order valence-corrected chi connectivity index (χ2v) is 5.51. The van der Waals surface area contributed by atoms with Gasteiger partial charge in [-0.25, -0.2) is 0 Å². The number of nitrogens with zero attached hydrogens (tertiary/aromatic N) is 1. The molecule has 3 nitrogen and oxygen atoms in total. The first-order chi connectivity index (χ1) is 7.83. The predicted octanol–water partition coefficient (Wildman–Crippen LogP) is 2.03. The van der Waals surface area contributed by atoms with Gasteiger partial charge in [0.15, 0.2) is 0 Å². The Hall–Kier alpha value is -0.120. The van der Waals surface area contributed by atoms with Crippen molar-refractivity contribution in [2.45, 2.75) is 69.9 Å². The zero-order chi connectivity index (χ0) is 11.4. The van der Waals surface area contributed by atoms with Gasteiger partial charge in [0.05, 0.1) is 0 Å². The largest absolute Gasteiger partial charge is 0.296 e. The molecule has 0 aromatic rings. The van der Waals surface area contributed by atoms with Crippen LogP contribution >= 0.6 is 0 Å². The fraction of sp³-hybridized carbons (Fsp3) is 1.00. The van der Waals surface area contributed by atoms with E-state index in [0.717, 1.165) is 0 Å². The second-order valence-electron chi connectivity index (χ2n) is 5.51. The molecular weight excluding hydrogens is 198 g/mol. The van der Waals surface area contributed by atoms with Crippen molar-refractivity contribution >= 4 is 0 Å². The molecular formula is C13H27N3. The highest BCUT2D eigenvalue weighted by molar-refractivity contribution is 5.03. The first kappa shape index (κ1) is 12.3. The molecule has 0 aromatic heterocycles. The van der Waals surface area contributed by atoms with E-state index in [-0.39, 0.29) is 0 Å². The van der Waals surface area contributed by atoms with Crippen LogP contribution in [-0.2, 0) is 0 Å². The summed E-state index contributed by atoms with van der Waals surface area (Å²) in [5, 5.41) is 0. The van der Waals surface area contributed by atoms with E-state index in [1.165, 1.54) is 64.5 Å². The Morgan fingerprint density at radius 2 is 1.81 bits per heavy atom. The van der Waals surface area contributed by atoms with Gasteiger partial charge in [0.1, 0.15) is 0 Å². The van der Waals surface area contributed by atoms with Gasteiger partial charge in [-0.2, -0.15) is 0 Å². The third kappa shape index (κ3) is 2.13. The number of hydrogen-bond donors (Lipinski definition) is 2. The summed E-state index contributed by atoms with van der Waals surface area (Å²) >= 11 is 0. The average Bonchev–Trinajstić information content (AvgIpc) is 2.95. The lowest BCUT2D eigenvalue weighted by Crippen LogP contribution is -2.60. The molecule has 2 aliphatic rings. The summed E-state index contributed by atoms with van der Waals surface area (Å²) in [6.07, 6.45) is 10.7. The summed E-state index contributed by atoms with van der Waals surface area (Å²) in [6, 6.07) is 0.498. The maximum atomic E-state index is 5.81. The van der Waals surface area contributed by atoms with E-state index in [1.807, 2.05) is 0 Å². The van der Waals surface area contributed by atoms with Crippen LogP contribution in [0.4, 0.5) is 0 Å². The van der Waals surface area contributed by atoms with Gasteiger partial charge in [-0.3, -0.25) is 16.2 Å². The minimum atomic E-state index is 0.390. The Kier molecular flexibility index (Phi) is 4.22. The van der Waals surface area contributed by atoms with Crippen LogP contribution in [0.2, 0.25) is 0 Å². The van der Waals surface area contributed by atoms with Crippen LogP contribution < -0.4 is 11.3 Å².